The number of esters is 2. The van der Waals surface area contributed by atoms with Crippen LogP contribution in [-0.4, -0.2) is 30.3 Å². The molecule has 0 aliphatic rings. The van der Waals surface area contributed by atoms with Gasteiger partial charge in [0, 0.05) is 5.57 Å². The molecule has 0 bridgehead atoms. The molecule has 0 amide bonds. The first-order valence-electron chi connectivity index (χ1n) is 9.29. The summed E-state index contributed by atoms with van der Waals surface area (Å²) in [7, 11) is 0. The average molecular weight is 362 g/mol. The Kier molecular flexibility index (Phi) is 10.9. The molecule has 0 aromatic heterocycles. The van der Waals surface area contributed by atoms with E-state index < -0.39 is 0 Å². The average Bonchev–Trinajstić information content (AvgIpc) is 2.62. The molecule has 1 aromatic carbocycles. The van der Waals surface area contributed by atoms with E-state index >= 15 is 0 Å². The third kappa shape index (κ3) is 9.87. The maximum atomic E-state index is 11.8. The van der Waals surface area contributed by atoms with Crippen LogP contribution in [0.5, 0.6) is 5.75 Å². The molecule has 0 fully saturated rings. The lowest BCUT2D eigenvalue weighted by molar-refractivity contribution is -0.139. The van der Waals surface area contributed by atoms with E-state index in [2.05, 4.69) is 6.58 Å². The van der Waals surface area contributed by atoms with Crippen LogP contribution in [-0.2, 0) is 14.3 Å². The van der Waals surface area contributed by atoms with E-state index in [9.17, 15) is 14.7 Å². The van der Waals surface area contributed by atoms with Crippen molar-refractivity contribution in [3.05, 3.63) is 42.0 Å². The Labute approximate surface area is 156 Å². The Balaban J connectivity index is 1.89. The topological polar surface area (TPSA) is 72.8 Å². The molecule has 5 heteroatoms. The Bertz CT molecular complexity index is 562. The summed E-state index contributed by atoms with van der Waals surface area (Å²) in [4.78, 5) is 22.9. The molecular formula is C21H30O5. The highest BCUT2D eigenvalue weighted by atomic mass is 16.5. The summed E-state index contributed by atoms with van der Waals surface area (Å²) in [6.07, 6.45) is 8.46. The van der Waals surface area contributed by atoms with Gasteiger partial charge < -0.3 is 14.6 Å². The quantitative estimate of drug-likeness (QED) is 0.310. The van der Waals surface area contributed by atoms with E-state index in [-0.39, 0.29) is 17.7 Å². The van der Waals surface area contributed by atoms with Gasteiger partial charge in [-0.15, -0.1) is 0 Å². The van der Waals surface area contributed by atoms with E-state index in [1.165, 1.54) is 18.6 Å². The summed E-state index contributed by atoms with van der Waals surface area (Å²) in [5.41, 5.74) is 0.899. The first kappa shape index (κ1) is 21.7. The van der Waals surface area contributed by atoms with Gasteiger partial charge in [0.05, 0.1) is 18.8 Å². The predicted molar refractivity (Wildman–Crippen MR) is 101 cm³/mol. The van der Waals surface area contributed by atoms with Crippen molar-refractivity contribution < 1.29 is 24.2 Å². The van der Waals surface area contributed by atoms with Crippen LogP contribution in [0, 0.1) is 0 Å². The summed E-state index contributed by atoms with van der Waals surface area (Å²) in [5, 5.41) is 9.18. The lowest BCUT2D eigenvalue weighted by Crippen LogP contribution is -2.06. The smallest absolute Gasteiger partial charge is 0.338 e. The Morgan fingerprint density at radius 1 is 0.846 bits per heavy atom. The monoisotopic (exact) mass is 362 g/mol. The molecule has 1 rings (SSSR count). The van der Waals surface area contributed by atoms with Crippen LogP contribution in [0.15, 0.2) is 36.4 Å². The van der Waals surface area contributed by atoms with Crippen molar-refractivity contribution in [1.29, 1.82) is 0 Å². The van der Waals surface area contributed by atoms with Crippen LogP contribution in [0.1, 0.15) is 68.6 Å². The molecule has 0 unspecified atom stereocenters. The van der Waals surface area contributed by atoms with Gasteiger partial charge in [-0.05, 0) is 44.0 Å². The fourth-order valence-corrected chi connectivity index (χ4v) is 2.40. The molecule has 1 N–H and O–H groups in total. The summed E-state index contributed by atoms with van der Waals surface area (Å²) in [5.74, 6) is -0.525. The van der Waals surface area contributed by atoms with Gasteiger partial charge >= 0.3 is 11.9 Å². The largest absolute Gasteiger partial charge is 0.508 e. The predicted octanol–water partition coefficient (Wildman–Crippen LogP) is 4.79. The van der Waals surface area contributed by atoms with Gasteiger partial charge in [0.25, 0.3) is 0 Å². The van der Waals surface area contributed by atoms with Gasteiger partial charge in [0.15, 0.2) is 0 Å². The Morgan fingerprint density at radius 2 is 1.31 bits per heavy atom. The van der Waals surface area contributed by atoms with Crippen molar-refractivity contribution in [3.8, 4) is 5.75 Å². The number of aromatic hydroxyl groups is 1. The molecule has 1 aromatic rings. The number of ether oxygens (including phenoxy) is 2. The van der Waals surface area contributed by atoms with Gasteiger partial charge in [-0.1, -0.05) is 45.1 Å². The Hall–Kier alpha value is -2.30. The van der Waals surface area contributed by atoms with Crippen LogP contribution in [0.3, 0.4) is 0 Å². The van der Waals surface area contributed by atoms with Crippen molar-refractivity contribution >= 4 is 11.9 Å². The molecule has 0 heterocycles. The SMILES string of the molecule is C=C(C)C(=O)OCCCCCCCCCCOC(=O)c1ccc(O)cc1. The number of phenolic OH excluding ortho intramolecular Hbond substituents is 1. The summed E-state index contributed by atoms with van der Waals surface area (Å²) in [6.45, 7) is 6.09. The number of benzene rings is 1. The van der Waals surface area contributed by atoms with Crippen molar-refractivity contribution in [2.24, 2.45) is 0 Å². The van der Waals surface area contributed by atoms with Crippen molar-refractivity contribution in [3.63, 3.8) is 0 Å². The highest BCUT2D eigenvalue weighted by Crippen LogP contribution is 2.12. The van der Waals surface area contributed by atoms with E-state index in [4.69, 9.17) is 9.47 Å². The third-order valence-electron chi connectivity index (χ3n) is 3.96. The van der Waals surface area contributed by atoms with Crippen LogP contribution in [0.2, 0.25) is 0 Å². The highest BCUT2D eigenvalue weighted by molar-refractivity contribution is 5.89. The van der Waals surface area contributed by atoms with E-state index in [0.717, 1.165) is 44.9 Å². The third-order valence-corrected chi connectivity index (χ3v) is 3.96. The highest BCUT2D eigenvalue weighted by Gasteiger charge is 2.06. The second kappa shape index (κ2) is 13.0. The van der Waals surface area contributed by atoms with E-state index in [1.54, 1.807) is 19.1 Å². The molecular weight excluding hydrogens is 332 g/mol. The van der Waals surface area contributed by atoms with E-state index in [1.807, 2.05) is 0 Å². The molecule has 0 aliphatic heterocycles. The van der Waals surface area contributed by atoms with Gasteiger partial charge in [-0.25, -0.2) is 9.59 Å². The van der Waals surface area contributed by atoms with Gasteiger partial charge in [-0.2, -0.15) is 0 Å². The number of carbonyl (C=O) groups is 2. The summed E-state index contributed by atoms with van der Waals surface area (Å²) in [6, 6.07) is 6.05. The minimum Gasteiger partial charge on any atom is -0.508 e. The molecule has 0 saturated heterocycles. The fraction of sp³-hybridized carbons (Fsp3) is 0.524. The number of phenols is 1. The maximum Gasteiger partial charge on any atom is 0.338 e. The fourth-order valence-electron chi connectivity index (χ4n) is 2.40. The second-order valence-corrected chi connectivity index (χ2v) is 6.43. The van der Waals surface area contributed by atoms with Crippen LogP contribution in [0.4, 0.5) is 0 Å². The minimum absolute atomic E-state index is 0.134. The zero-order valence-electron chi connectivity index (χ0n) is 15.7. The number of carbonyl (C=O) groups excluding carboxylic acids is 2. The zero-order chi connectivity index (χ0) is 19.2. The molecule has 144 valence electrons. The van der Waals surface area contributed by atoms with Crippen molar-refractivity contribution in [1.82, 2.24) is 0 Å². The van der Waals surface area contributed by atoms with Crippen LogP contribution < -0.4 is 0 Å². The number of hydrogen-bond acceptors (Lipinski definition) is 5. The van der Waals surface area contributed by atoms with Gasteiger partial charge in [0.1, 0.15) is 5.75 Å². The van der Waals surface area contributed by atoms with Crippen molar-refractivity contribution in [2.75, 3.05) is 13.2 Å². The maximum absolute atomic E-state index is 11.8. The summed E-state index contributed by atoms with van der Waals surface area (Å²) >= 11 is 0. The normalized spacial score (nSPS) is 10.3. The molecule has 0 saturated carbocycles. The van der Waals surface area contributed by atoms with Gasteiger partial charge in [-0.3, -0.25) is 0 Å². The first-order valence-corrected chi connectivity index (χ1v) is 9.29. The molecule has 0 spiro atoms. The number of rotatable bonds is 13. The number of hydrogen-bond donors (Lipinski definition) is 1. The lowest BCUT2D eigenvalue weighted by Gasteiger charge is -2.06. The second-order valence-electron chi connectivity index (χ2n) is 6.43. The molecule has 0 aliphatic carbocycles. The zero-order valence-corrected chi connectivity index (χ0v) is 15.7. The van der Waals surface area contributed by atoms with Gasteiger partial charge in [0.2, 0.25) is 0 Å². The summed E-state index contributed by atoms with van der Waals surface area (Å²) < 4.78 is 10.2. The minimum atomic E-state index is -0.350. The molecule has 0 radical (unpaired) electrons. The van der Waals surface area contributed by atoms with Crippen molar-refractivity contribution in [2.45, 2.75) is 58.3 Å². The Morgan fingerprint density at radius 3 is 1.81 bits per heavy atom. The molecule has 5 nitrogen and oxygen atoms in total. The van der Waals surface area contributed by atoms with E-state index in [0.29, 0.717) is 24.4 Å². The lowest BCUT2D eigenvalue weighted by atomic mass is 10.1. The first-order chi connectivity index (χ1) is 12.5. The standard InChI is InChI=1S/C21H30O5/c1-17(2)20(23)25-15-9-7-5-3-4-6-8-10-16-26-21(24)18-11-13-19(22)14-12-18/h11-14,22H,1,3-10,15-16H2,2H3. The molecule has 0 atom stereocenters. The van der Waals surface area contributed by atoms with Crippen LogP contribution >= 0.6 is 0 Å². The van der Waals surface area contributed by atoms with Crippen LogP contribution in [0.25, 0.3) is 0 Å². The number of unbranched alkanes of at least 4 members (excludes halogenated alkanes) is 7. The molecule has 26 heavy (non-hydrogen) atoms.